The van der Waals surface area contributed by atoms with Crippen molar-refractivity contribution in [2.75, 3.05) is 19.6 Å². The first-order chi connectivity index (χ1) is 15.4. The number of amides is 1. The zero-order valence-electron chi connectivity index (χ0n) is 17.8. The molecule has 3 fully saturated rings. The van der Waals surface area contributed by atoms with Crippen LogP contribution in [0.2, 0.25) is 0 Å². The number of hydrogen-bond acceptors (Lipinski definition) is 3. The molecule has 1 unspecified atom stereocenters. The molecule has 1 N–H and O–H groups in total. The van der Waals surface area contributed by atoms with E-state index in [9.17, 15) is 18.0 Å². The van der Waals surface area contributed by atoms with Crippen LogP contribution in [-0.4, -0.2) is 36.7 Å². The van der Waals surface area contributed by atoms with Crippen molar-refractivity contribution >= 4 is 6.09 Å². The average molecular weight is 444 g/mol. The highest BCUT2D eigenvalue weighted by atomic mass is 19.4. The van der Waals surface area contributed by atoms with Crippen LogP contribution >= 0.6 is 0 Å². The largest absolute Gasteiger partial charge is 0.445 e. The smallest absolute Gasteiger partial charge is 0.416 e. The summed E-state index contributed by atoms with van der Waals surface area (Å²) in [6.45, 7) is 2.97. The van der Waals surface area contributed by atoms with E-state index in [0.717, 1.165) is 68.9 Å². The summed E-state index contributed by atoms with van der Waals surface area (Å²) in [5.41, 5.74) is 2.66. The Hall–Kier alpha value is -2.54. The molecular weight excluding hydrogens is 417 g/mol. The number of hydrogen-bond donors (Lipinski definition) is 1. The highest BCUT2D eigenvalue weighted by Gasteiger charge is 2.37. The maximum absolute atomic E-state index is 13.1. The van der Waals surface area contributed by atoms with Crippen molar-refractivity contribution in [2.24, 2.45) is 5.92 Å². The first kappa shape index (κ1) is 21.3. The van der Waals surface area contributed by atoms with Gasteiger partial charge in [-0.15, -0.1) is 0 Å². The molecule has 2 atom stereocenters. The minimum absolute atomic E-state index is 0.0583. The van der Waals surface area contributed by atoms with Crippen molar-refractivity contribution < 1.29 is 22.7 Å². The minimum atomic E-state index is -4.38. The molecule has 2 aromatic rings. The molecule has 4 nitrogen and oxygen atoms in total. The first-order valence-electron chi connectivity index (χ1n) is 11.4. The zero-order valence-corrected chi connectivity index (χ0v) is 17.8. The van der Waals surface area contributed by atoms with Gasteiger partial charge in [0, 0.05) is 6.54 Å². The number of ether oxygens (including phenoxy) is 1. The Morgan fingerprint density at radius 3 is 2.53 bits per heavy atom. The van der Waals surface area contributed by atoms with Crippen molar-refractivity contribution in [1.29, 1.82) is 0 Å². The Morgan fingerprint density at radius 2 is 1.81 bits per heavy atom. The number of alkyl halides is 3. The van der Waals surface area contributed by atoms with Gasteiger partial charge in [-0.3, -0.25) is 4.90 Å². The highest BCUT2D eigenvalue weighted by molar-refractivity contribution is 5.70. The van der Waals surface area contributed by atoms with Gasteiger partial charge in [-0.2, -0.15) is 13.2 Å². The lowest BCUT2D eigenvalue weighted by Crippen LogP contribution is -2.52. The SMILES string of the molecule is O=C(NC1CCCc2ccc(-c3cccc(C(F)(F)F)c3)cc21)O[C@H]1CN2CCC1CC2. The second-order valence-electron chi connectivity index (χ2n) is 9.16. The number of halogens is 3. The molecule has 0 aromatic heterocycles. The highest BCUT2D eigenvalue weighted by Crippen LogP contribution is 2.36. The maximum atomic E-state index is 13.1. The van der Waals surface area contributed by atoms with E-state index < -0.39 is 17.8 Å². The lowest BCUT2D eigenvalue weighted by atomic mass is 9.85. The molecule has 1 amide bonds. The zero-order chi connectivity index (χ0) is 22.3. The second-order valence-corrected chi connectivity index (χ2v) is 9.16. The number of piperidine rings is 3. The van der Waals surface area contributed by atoms with E-state index in [1.165, 1.54) is 12.1 Å². The van der Waals surface area contributed by atoms with Crippen molar-refractivity contribution in [3.05, 3.63) is 59.2 Å². The third-order valence-electron chi connectivity index (χ3n) is 7.13. The minimum Gasteiger partial charge on any atom is -0.445 e. The van der Waals surface area contributed by atoms with Gasteiger partial charge < -0.3 is 10.1 Å². The number of aryl methyl sites for hydroxylation is 1. The van der Waals surface area contributed by atoms with Crippen LogP contribution in [0, 0.1) is 5.92 Å². The molecule has 3 aliphatic heterocycles. The van der Waals surface area contributed by atoms with E-state index in [1.807, 2.05) is 18.2 Å². The van der Waals surface area contributed by atoms with E-state index in [2.05, 4.69) is 10.2 Å². The molecule has 32 heavy (non-hydrogen) atoms. The third kappa shape index (κ3) is 4.35. The Balaban J connectivity index is 1.33. The summed E-state index contributed by atoms with van der Waals surface area (Å²) in [5, 5.41) is 3.04. The summed E-state index contributed by atoms with van der Waals surface area (Å²) in [5.74, 6) is 0.442. The fourth-order valence-electron chi connectivity index (χ4n) is 5.36. The van der Waals surface area contributed by atoms with Gasteiger partial charge in [-0.05, 0) is 91.6 Å². The van der Waals surface area contributed by atoms with Crippen molar-refractivity contribution in [2.45, 2.75) is 50.4 Å². The van der Waals surface area contributed by atoms with Crippen LogP contribution in [0.4, 0.5) is 18.0 Å². The summed E-state index contributed by atoms with van der Waals surface area (Å²) in [6.07, 6.45) is -0.0642. The lowest BCUT2D eigenvalue weighted by Gasteiger charge is -2.44. The van der Waals surface area contributed by atoms with E-state index in [0.29, 0.717) is 17.0 Å². The Morgan fingerprint density at radius 1 is 1.03 bits per heavy atom. The quantitative estimate of drug-likeness (QED) is 0.673. The second kappa shape index (κ2) is 8.43. The lowest BCUT2D eigenvalue weighted by molar-refractivity contribution is -0.137. The Bertz CT molecular complexity index is 999. The first-order valence-corrected chi connectivity index (χ1v) is 11.4. The number of carbonyl (C=O) groups is 1. The van der Waals surface area contributed by atoms with Crippen LogP contribution in [0.3, 0.4) is 0 Å². The van der Waals surface area contributed by atoms with Crippen LogP contribution in [0.25, 0.3) is 11.1 Å². The normalized spacial score (nSPS) is 27.0. The number of carbonyl (C=O) groups excluding carboxylic acids is 1. The van der Waals surface area contributed by atoms with E-state index >= 15 is 0 Å². The number of benzene rings is 2. The van der Waals surface area contributed by atoms with E-state index in [-0.39, 0.29) is 12.1 Å². The Kier molecular flexibility index (Phi) is 5.61. The fraction of sp³-hybridized carbons (Fsp3) is 0.480. The van der Waals surface area contributed by atoms with Crippen molar-refractivity contribution in [3.63, 3.8) is 0 Å². The summed E-state index contributed by atoms with van der Waals surface area (Å²) >= 11 is 0. The number of fused-ring (bicyclic) bond motifs is 4. The molecule has 0 spiro atoms. The summed E-state index contributed by atoms with van der Waals surface area (Å²) in [4.78, 5) is 15.0. The summed E-state index contributed by atoms with van der Waals surface area (Å²) in [6, 6.07) is 10.9. The van der Waals surface area contributed by atoms with Crippen LogP contribution in [0.5, 0.6) is 0 Å². The molecule has 1 aliphatic carbocycles. The Labute approximate surface area is 185 Å². The molecule has 2 bridgehead atoms. The summed E-state index contributed by atoms with van der Waals surface area (Å²) in [7, 11) is 0. The van der Waals surface area contributed by atoms with E-state index in [1.54, 1.807) is 6.07 Å². The average Bonchev–Trinajstić information content (AvgIpc) is 2.79. The molecule has 170 valence electrons. The molecule has 0 saturated carbocycles. The number of nitrogens with zero attached hydrogens (tertiary/aromatic N) is 1. The van der Waals surface area contributed by atoms with Gasteiger partial charge in [0.05, 0.1) is 11.6 Å². The van der Waals surface area contributed by atoms with Crippen molar-refractivity contribution in [3.8, 4) is 11.1 Å². The van der Waals surface area contributed by atoms with Gasteiger partial charge in [-0.1, -0.05) is 24.3 Å². The van der Waals surface area contributed by atoms with Gasteiger partial charge in [-0.25, -0.2) is 4.79 Å². The van der Waals surface area contributed by atoms with Gasteiger partial charge in [0.15, 0.2) is 0 Å². The molecule has 2 aromatic carbocycles. The molecule has 3 heterocycles. The maximum Gasteiger partial charge on any atom is 0.416 e. The molecule has 4 aliphatic rings. The van der Waals surface area contributed by atoms with Crippen LogP contribution in [0.15, 0.2) is 42.5 Å². The van der Waals surface area contributed by atoms with Gasteiger partial charge in [0.2, 0.25) is 0 Å². The molecule has 0 radical (unpaired) electrons. The standard InChI is InChI=1S/C25H27F3N2O2/c26-25(27,28)20-5-1-4-18(13-20)19-8-7-16-3-2-6-22(21(16)14-19)29-24(31)32-23-15-30-11-9-17(23)10-12-30/h1,4-5,7-8,13-14,17,22-23H,2-3,6,9-12,15H2,(H,29,31)/t22?,23-/m0/s1. The molecule has 3 saturated heterocycles. The summed E-state index contributed by atoms with van der Waals surface area (Å²) < 4.78 is 45.2. The topological polar surface area (TPSA) is 41.6 Å². The van der Waals surface area contributed by atoms with E-state index in [4.69, 9.17) is 4.74 Å². The van der Waals surface area contributed by atoms with Gasteiger partial charge >= 0.3 is 12.3 Å². The third-order valence-corrected chi connectivity index (χ3v) is 7.13. The molecule has 7 heteroatoms. The van der Waals surface area contributed by atoms with Gasteiger partial charge in [0.25, 0.3) is 0 Å². The molecular formula is C25H27F3N2O2. The predicted molar refractivity (Wildman–Crippen MR) is 115 cm³/mol. The number of rotatable bonds is 3. The van der Waals surface area contributed by atoms with Gasteiger partial charge in [0.1, 0.15) is 6.10 Å². The fourth-order valence-corrected chi connectivity index (χ4v) is 5.36. The van der Waals surface area contributed by atoms with Crippen LogP contribution in [-0.2, 0) is 17.3 Å². The van der Waals surface area contributed by atoms with Crippen LogP contribution in [0.1, 0.15) is 48.4 Å². The van der Waals surface area contributed by atoms with Crippen molar-refractivity contribution in [1.82, 2.24) is 10.2 Å². The predicted octanol–water partition coefficient (Wildman–Crippen LogP) is 5.57. The van der Waals surface area contributed by atoms with Crippen LogP contribution < -0.4 is 5.32 Å². The monoisotopic (exact) mass is 444 g/mol. The number of nitrogens with one attached hydrogen (secondary N) is 1. The molecule has 6 rings (SSSR count). The number of alkyl carbamates (subject to hydrolysis) is 1.